The van der Waals surface area contributed by atoms with Gasteiger partial charge in [-0.1, -0.05) is 12.1 Å². The predicted octanol–water partition coefficient (Wildman–Crippen LogP) is 1.78. The number of rotatable bonds is 4. The van der Waals surface area contributed by atoms with Crippen molar-refractivity contribution in [3.63, 3.8) is 0 Å². The van der Waals surface area contributed by atoms with Crippen LogP contribution in [-0.2, 0) is 10.0 Å². The molecule has 0 saturated carbocycles. The third-order valence-electron chi connectivity index (χ3n) is 2.37. The summed E-state index contributed by atoms with van der Waals surface area (Å²) in [6.45, 7) is 0. The lowest BCUT2D eigenvalue weighted by atomic mass is 10.0. The molecule has 0 aromatic heterocycles. The number of hydrogen-bond donors (Lipinski definition) is 0. The van der Waals surface area contributed by atoms with E-state index in [2.05, 4.69) is 6.07 Å². The van der Waals surface area contributed by atoms with Crippen molar-refractivity contribution in [3.8, 4) is 6.07 Å². The summed E-state index contributed by atoms with van der Waals surface area (Å²) in [7, 11) is -0.471. The Bertz CT molecular complexity index is 517. The van der Waals surface area contributed by atoms with Crippen LogP contribution in [0.15, 0.2) is 29.2 Å². The van der Waals surface area contributed by atoms with Crippen LogP contribution in [0.2, 0.25) is 0 Å². The standard InChI is InChI=1S/C11H13ClN2O2S/c1-14(2)17(15,16)11-5-3-9(4-6-11)10(7-12)8-13/h3-6,10H,7H2,1-2H3. The maximum absolute atomic E-state index is 11.8. The van der Waals surface area contributed by atoms with Gasteiger partial charge in [0.05, 0.1) is 16.9 Å². The van der Waals surface area contributed by atoms with Crippen LogP contribution in [0.4, 0.5) is 0 Å². The van der Waals surface area contributed by atoms with Crippen LogP contribution in [0.25, 0.3) is 0 Å². The molecular weight excluding hydrogens is 260 g/mol. The van der Waals surface area contributed by atoms with Crippen molar-refractivity contribution in [1.29, 1.82) is 5.26 Å². The van der Waals surface area contributed by atoms with Crippen LogP contribution < -0.4 is 0 Å². The molecule has 6 heteroatoms. The van der Waals surface area contributed by atoms with Gasteiger partial charge in [0.2, 0.25) is 10.0 Å². The van der Waals surface area contributed by atoms with Crippen molar-refractivity contribution in [3.05, 3.63) is 29.8 Å². The summed E-state index contributed by atoms with van der Waals surface area (Å²) < 4.78 is 24.7. The highest BCUT2D eigenvalue weighted by atomic mass is 35.5. The van der Waals surface area contributed by atoms with E-state index in [1.165, 1.54) is 26.2 Å². The number of nitrogens with zero attached hydrogens (tertiary/aromatic N) is 2. The van der Waals surface area contributed by atoms with Gasteiger partial charge in [-0.2, -0.15) is 5.26 Å². The van der Waals surface area contributed by atoms with E-state index in [4.69, 9.17) is 16.9 Å². The summed E-state index contributed by atoms with van der Waals surface area (Å²) in [6, 6.07) is 8.27. The van der Waals surface area contributed by atoms with Crippen LogP contribution in [0.5, 0.6) is 0 Å². The first-order valence-electron chi connectivity index (χ1n) is 4.91. The molecule has 0 amide bonds. The molecule has 1 atom stereocenters. The molecular formula is C11H13ClN2O2S. The predicted molar refractivity (Wildman–Crippen MR) is 66.4 cm³/mol. The van der Waals surface area contributed by atoms with Crippen molar-refractivity contribution >= 4 is 21.6 Å². The molecule has 0 aliphatic rings. The maximum atomic E-state index is 11.8. The third-order valence-corrected chi connectivity index (χ3v) is 4.51. The summed E-state index contributed by atoms with van der Waals surface area (Å²) in [5, 5.41) is 8.84. The summed E-state index contributed by atoms with van der Waals surface area (Å²) >= 11 is 5.63. The van der Waals surface area contributed by atoms with Gasteiger partial charge in [-0.25, -0.2) is 12.7 Å². The zero-order valence-corrected chi connectivity index (χ0v) is 11.2. The van der Waals surface area contributed by atoms with Crippen molar-refractivity contribution in [2.75, 3.05) is 20.0 Å². The van der Waals surface area contributed by atoms with E-state index in [0.29, 0.717) is 0 Å². The van der Waals surface area contributed by atoms with E-state index in [-0.39, 0.29) is 10.8 Å². The Kier molecular flexibility index (Phi) is 4.52. The topological polar surface area (TPSA) is 61.2 Å². The first kappa shape index (κ1) is 14.0. The minimum atomic E-state index is -3.42. The summed E-state index contributed by atoms with van der Waals surface area (Å²) in [5.41, 5.74) is 0.722. The molecule has 17 heavy (non-hydrogen) atoms. The lowest BCUT2D eigenvalue weighted by Gasteiger charge is -2.12. The van der Waals surface area contributed by atoms with E-state index in [9.17, 15) is 8.42 Å². The number of benzene rings is 1. The number of alkyl halides is 1. The molecule has 92 valence electrons. The molecule has 0 saturated heterocycles. The van der Waals surface area contributed by atoms with E-state index >= 15 is 0 Å². The Labute approximate surface area is 106 Å². The van der Waals surface area contributed by atoms with Crippen LogP contribution >= 0.6 is 11.6 Å². The maximum Gasteiger partial charge on any atom is 0.242 e. The van der Waals surface area contributed by atoms with Crippen molar-refractivity contribution in [1.82, 2.24) is 4.31 Å². The number of halogens is 1. The highest BCUT2D eigenvalue weighted by molar-refractivity contribution is 7.89. The normalized spacial score (nSPS) is 13.4. The fourth-order valence-corrected chi connectivity index (χ4v) is 2.43. The first-order valence-corrected chi connectivity index (χ1v) is 6.89. The number of sulfonamides is 1. The number of hydrogen-bond acceptors (Lipinski definition) is 3. The van der Waals surface area contributed by atoms with Gasteiger partial charge in [0.1, 0.15) is 0 Å². The van der Waals surface area contributed by atoms with E-state index in [1.807, 2.05) is 0 Å². The first-order chi connectivity index (χ1) is 7.93. The fourth-order valence-electron chi connectivity index (χ4n) is 1.28. The van der Waals surface area contributed by atoms with E-state index < -0.39 is 15.9 Å². The molecule has 1 rings (SSSR count). The smallest absolute Gasteiger partial charge is 0.207 e. The second-order valence-electron chi connectivity index (χ2n) is 3.69. The minimum absolute atomic E-state index is 0.191. The molecule has 1 unspecified atom stereocenters. The monoisotopic (exact) mass is 272 g/mol. The molecule has 1 aromatic rings. The fraction of sp³-hybridized carbons (Fsp3) is 0.364. The molecule has 0 spiro atoms. The van der Waals surface area contributed by atoms with E-state index in [0.717, 1.165) is 9.87 Å². The Morgan fingerprint density at radius 3 is 2.24 bits per heavy atom. The third kappa shape index (κ3) is 2.97. The van der Waals surface area contributed by atoms with E-state index in [1.54, 1.807) is 12.1 Å². The van der Waals surface area contributed by atoms with Crippen molar-refractivity contribution in [2.45, 2.75) is 10.8 Å². The van der Waals surface area contributed by atoms with Crippen LogP contribution in [-0.4, -0.2) is 32.7 Å². The highest BCUT2D eigenvalue weighted by Crippen LogP contribution is 2.20. The minimum Gasteiger partial charge on any atom is -0.207 e. The Morgan fingerprint density at radius 2 is 1.88 bits per heavy atom. The molecule has 0 aliphatic heterocycles. The molecule has 0 N–H and O–H groups in total. The van der Waals surface area contributed by atoms with Crippen molar-refractivity contribution in [2.24, 2.45) is 0 Å². The summed E-state index contributed by atoms with van der Waals surface area (Å²) in [5.74, 6) is -0.219. The molecule has 0 bridgehead atoms. The molecule has 0 radical (unpaired) electrons. The average Bonchev–Trinajstić information content (AvgIpc) is 2.31. The van der Waals surface area contributed by atoms with Gasteiger partial charge in [0, 0.05) is 20.0 Å². The molecule has 4 nitrogen and oxygen atoms in total. The zero-order valence-electron chi connectivity index (χ0n) is 9.59. The second-order valence-corrected chi connectivity index (χ2v) is 6.15. The van der Waals surface area contributed by atoms with Gasteiger partial charge in [-0.15, -0.1) is 11.6 Å². The second kappa shape index (κ2) is 5.50. The highest BCUT2D eigenvalue weighted by Gasteiger charge is 2.17. The van der Waals surface area contributed by atoms with Gasteiger partial charge in [-0.3, -0.25) is 0 Å². The molecule has 0 aliphatic carbocycles. The Morgan fingerprint density at radius 1 is 1.35 bits per heavy atom. The van der Waals surface area contributed by atoms with Crippen LogP contribution in [0, 0.1) is 11.3 Å². The molecule has 0 heterocycles. The van der Waals surface area contributed by atoms with Gasteiger partial charge >= 0.3 is 0 Å². The Balaban J connectivity index is 3.09. The average molecular weight is 273 g/mol. The van der Waals surface area contributed by atoms with Gasteiger partial charge in [0.15, 0.2) is 0 Å². The quantitative estimate of drug-likeness (QED) is 0.785. The van der Waals surface area contributed by atoms with Gasteiger partial charge in [0.25, 0.3) is 0 Å². The zero-order chi connectivity index (χ0) is 13.1. The van der Waals surface area contributed by atoms with Crippen LogP contribution in [0.3, 0.4) is 0 Å². The summed E-state index contributed by atoms with van der Waals surface area (Å²) in [6.07, 6.45) is 0. The molecule has 0 fully saturated rings. The van der Waals surface area contributed by atoms with Crippen molar-refractivity contribution < 1.29 is 8.42 Å². The lowest BCUT2D eigenvalue weighted by Crippen LogP contribution is -2.22. The Hall–Kier alpha value is -1.09. The SMILES string of the molecule is CN(C)S(=O)(=O)c1ccc(C(C#N)CCl)cc1. The van der Waals surface area contributed by atoms with Gasteiger partial charge in [-0.05, 0) is 17.7 Å². The number of nitriles is 1. The lowest BCUT2D eigenvalue weighted by molar-refractivity contribution is 0.520. The van der Waals surface area contributed by atoms with Gasteiger partial charge < -0.3 is 0 Å². The largest absolute Gasteiger partial charge is 0.242 e. The summed E-state index contributed by atoms with van der Waals surface area (Å²) in [4.78, 5) is 0.206. The van der Waals surface area contributed by atoms with Crippen LogP contribution in [0.1, 0.15) is 11.5 Å². The molecule has 1 aromatic carbocycles.